The maximum Gasteiger partial charge on any atom is 0.229 e. The summed E-state index contributed by atoms with van der Waals surface area (Å²) in [5.41, 5.74) is 2.95. The average Bonchev–Trinajstić information content (AvgIpc) is 2.43. The zero-order valence-electron chi connectivity index (χ0n) is 12.8. The number of anilines is 1. The average molecular weight is 275 g/mol. The number of amides is 1. The molecule has 0 aliphatic heterocycles. The van der Waals surface area contributed by atoms with Crippen molar-refractivity contribution >= 4 is 11.9 Å². The first-order valence-electron chi connectivity index (χ1n) is 7.68. The van der Waals surface area contributed by atoms with Gasteiger partial charge in [-0.2, -0.15) is 0 Å². The molecular formula is C16H25N3O. The molecule has 0 saturated heterocycles. The molecule has 1 aliphatic carbocycles. The molecule has 1 heterocycles. The minimum atomic E-state index is 0.0400. The molecular weight excluding hydrogens is 250 g/mol. The smallest absolute Gasteiger partial charge is 0.229 e. The molecule has 0 unspecified atom stereocenters. The zero-order valence-corrected chi connectivity index (χ0v) is 12.8. The Morgan fingerprint density at radius 2 is 1.70 bits per heavy atom. The van der Waals surface area contributed by atoms with Crippen molar-refractivity contribution in [1.82, 2.24) is 9.97 Å². The fourth-order valence-electron chi connectivity index (χ4n) is 2.83. The van der Waals surface area contributed by atoms with Crippen molar-refractivity contribution in [3.63, 3.8) is 0 Å². The fourth-order valence-corrected chi connectivity index (χ4v) is 2.83. The normalized spacial score (nSPS) is 16.1. The lowest BCUT2D eigenvalue weighted by atomic mass is 9.86. The Morgan fingerprint density at radius 1 is 1.10 bits per heavy atom. The van der Waals surface area contributed by atoms with Crippen molar-refractivity contribution in [3.8, 4) is 0 Å². The topological polar surface area (TPSA) is 54.9 Å². The van der Waals surface area contributed by atoms with E-state index in [1.165, 1.54) is 32.1 Å². The number of aromatic nitrogens is 2. The van der Waals surface area contributed by atoms with Crippen LogP contribution in [0, 0.1) is 26.7 Å². The third-order valence-corrected chi connectivity index (χ3v) is 4.39. The lowest BCUT2D eigenvalue weighted by Crippen LogP contribution is -2.17. The van der Waals surface area contributed by atoms with E-state index in [-0.39, 0.29) is 5.91 Å². The van der Waals surface area contributed by atoms with Crippen molar-refractivity contribution < 1.29 is 4.79 Å². The lowest BCUT2D eigenvalue weighted by molar-refractivity contribution is -0.116. The Balaban J connectivity index is 1.84. The summed E-state index contributed by atoms with van der Waals surface area (Å²) >= 11 is 0. The third kappa shape index (κ3) is 4.02. The first kappa shape index (κ1) is 14.9. The van der Waals surface area contributed by atoms with Crippen LogP contribution in [-0.2, 0) is 4.79 Å². The van der Waals surface area contributed by atoms with Crippen molar-refractivity contribution in [2.75, 3.05) is 5.32 Å². The second-order valence-corrected chi connectivity index (χ2v) is 5.93. The minimum absolute atomic E-state index is 0.0400. The molecule has 0 atom stereocenters. The summed E-state index contributed by atoms with van der Waals surface area (Å²) in [7, 11) is 0. The van der Waals surface area contributed by atoms with Crippen LogP contribution in [-0.4, -0.2) is 15.9 Å². The van der Waals surface area contributed by atoms with Gasteiger partial charge < -0.3 is 0 Å². The zero-order chi connectivity index (χ0) is 14.5. The maximum atomic E-state index is 12.0. The molecule has 4 nitrogen and oxygen atoms in total. The predicted molar refractivity (Wildman–Crippen MR) is 80.7 cm³/mol. The molecule has 1 aliphatic rings. The van der Waals surface area contributed by atoms with E-state index in [0.29, 0.717) is 12.4 Å². The summed E-state index contributed by atoms with van der Waals surface area (Å²) in [6, 6.07) is 0. The summed E-state index contributed by atoms with van der Waals surface area (Å²) in [6.45, 7) is 5.89. The Hall–Kier alpha value is -1.45. The first-order chi connectivity index (χ1) is 9.56. The van der Waals surface area contributed by atoms with Gasteiger partial charge >= 0.3 is 0 Å². The third-order valence-electron chi connectivity index (χ3n) is 4.39. The van der Waals surface area contributed by atoms with Gasteiger partial charge in [0.2, 0.25) is 11.9 Å². The number of hydrogen-bond donors (Lipinski definition) is 1. The van der Waals surface area contributed by atoms with Crippen molar-refractivity contribution in [1.29, 1.82) is 0 Å². The van der Waals surface area contributed by atoms with Crippen molar-refractivity contribution in [2.45, 2.75) is 65.7 Å². The van der Waals surface area contributed by atoms with Gasteiger partial charge in [-0.1, -0.05) is 32.1 Å². The molecule has 1 aromatic heterocycles. The van der Waals surface area contributed by atoms with Gasteiger partial charge in [-0.25, -0.2) is 9.97 Å². The number of nitrogens with zero attached hydrogens (tertiary/aromatic N) is 2. The summed E-state index contributed by atoms with van der Waals surface area (Å²) in [5.74, 6) is 1.22. The molecule has 20 heavy (non-hydrogen) atoms. The minimum Gasteiger partial charge on any atom is -0.295 e. The Labute approximate surface area is 121 Å². The molecule has 4 heteroatoms. The predicted octanol–water partition coefficient (Wildman–Crippen LogP) is 3.70. The highest BCUT2D eigenvalue weighted by molar-refractivity contribution is 5.88. The molecule has 1 N–H and O–H groups in total. The van der Waals surface area contributed by atoms with E-state index in [4.69, 9.17) is 0 Å². The van der Waals surface area contributed by atoms with Crippen LogP contribution in [0.4, 0.5) is 5.95 Å². The van der Waals surface area contributed by atoms with Crippen LogP contribution in [0.3, 0.4) is 0 Å². The molecule has 1 saturated carbocycles. The summed E-state index contributed by atoms with van der Waals surface area (Å²) < 4.78 is 0. The Morgan fingerprint density at radius 3 is 2.30 bits per heavy atom. The van der Waals surface area contributed by atoms with E-state index in [1.807, 2.05) is 20.8 Å². The van der Waals surface area contributed by atoms with Crippen LogP contribution >= 0.6 is 0 Å². The second-order valence-electron chi connectivity index (χ2n) is 5.93. The highest BCUT2D eigenvalue weighted by Crippen LogP contribution is 2.27. The van der Waals surface area contributed by atoms with Crippen LogP contribution in [0.2, 0.25) is 0 Å². The monoisotopic (exact) mass is 275 g/mol. The van der Waals surface area contributed by atoms with Crippen molar-refractivity contribution in [3.05, 3.63) is 17.0 Å². The van der Waals surface area contributed by atoms with E-state index in [9.17, 15) is 4.79 Å². The summed E-state index contributed by atoms with van der Waals surface area (Å²) in [4.78, 5) is 20.6. The van der Waals surface area contributed by atoms with E-state index in [1.54, 1.807) is 0 Å². The molecule has 1 fully saturated rings. The lowest BCUT2D eigenvalue weighted by Gasteiger charge is -2.20. The van der Waals surface area contributed by atoms with Gasteiger partial charge in [0.05, 0.1) is 0 Å². The van der Waals surface area contributed by atoms with E-state index in [0.717, 1.165) is 29.3 Å². The van der Waals surface area contributed by atoms with Crippen LogP contribution in [0.15, 0.2) is 0 Å². The van der Waals surface area contributed by atoms with Gasteiger partial charge in [-0.15, -0.1) is 0 Å². The fraction of sp³-hybridized carbons (Fsp3) is 0.688. The van der Waals surface area contributed by atoms with Gasteiger partial charge in [0.15, 0.2) is 0 Å². The number of nitrogens with one attached hydrogen (secondary N) is 1. The Kier molecular flexibility index (Phi) is 5.10. The second kappa shape index (κ2) is 6.82. The highest BCUT2D eigenvalue weighted by Gasteiger charge is 2.15. The maximum absolute atomic E-state index is 12.0. The molecule has 1 amide bonds. The molecule has 0 aromatic carbocycles. The van der Waals surface area contributed by atoms with Crippen LogP contribution in [0.25, 0.3) is 0 Å². The number of carbonyl (C=O) groups is 1. The number of aryl methyl sites for hydroxylation is 2. The van der Waals surface area contributed by atoms with Gasteiger partial charge in [0.25, 0.3) is 0 Å². The molecule has 110 valence electrons. The van der Waals surface area contributed by atoms with E-state index >= 15 is 0 Å². The van der Waals surface area contributed by atoms with E-state index < -0.39 is 0 Å². The number of hydrogen-bond acceptors (Lipinski definition) is 3. The van der Waals surface area contributed by atoms with Gasteiger partial charge in [-0.3, -0.25) is 10.1 Å². The Bertz CT molecular complexity index is 456. The van der Waals surface area contributed by atoms with Crippen LogP contribution in [0.5, 0.6) is 0 Å². The molecule has 2 rings (SSSR count). The van der Waals surface area contributed by atoms with Crippen LogP contribution in [0.1, 0.15) is 61.9 Å². The van der Waals surface area contributed by atoms with E-state index in [2.05, 4.69) is 15.3 Å². The number of rotatable bonds is 4. The standard InChI is InChI=1S/C16H25N3O/c1-11-12(2)17-16(18-13(11)3)19-15(20)10-9-14-7-5-4-6-8-14/h14H,4-10H2,1-3H3,(H,17,18,19,20). The highest BCUT2D eigenvalue weighted by atomic mass is 16.1. The molecule has 0 bridgehead atoms. The quantitative estimate of drug-likeness (QED) is 0.911. The van der Waals surface area contributed by atoms with Gasteiger partial charge in [0.1, 0.15) is 0 Å². The van der Waals surface area contributed by atoms with Gasteiger partial charge in [-0.05, 0) is 38.7 Å². The van der Waals surface area contributed by atoms with Crippen LogP contribution < -0.4 is 5.32 Å². The first-order valence-corrected chi connectivity index (χ1v) is 7.68. The summed E-state index contributed by atoms with van der Waals surface area (Å²) in [5, 5.41) is 2.83. The van der Waals surface area contributed by atoms with Gasteiger partial charge in [0, 0.05) is 17.8 Å². The number of carbonyl (C=O) groups excluding carboxylic acids is 1. The SMILES string of the molecule is Cc1nc(NC(=O)CCC2CCCCC2)nc(C)c1C. The molecule has 0 radical (unpaired) electrons. The van der Waals surface area contributed by atoms with Crippen molar-refractivity contribution in [2.24, 2.45) is 5.92 Å². The molecule has 0 spiro atoms. The molecule has 1 aromatic rings. The summed E-state index contributed by atoms with van der Waals surface area (Å²) in [6.07, 6.45) is 8.16. The largest absolute Gasteiger partial charge is 0.295 e.